The van der Waals surface area contributed by atoms with Gasteiger partial charge in [-0.05, 0) is 37.6 Å². The van der Waals surface area contributed by atoms with E-state index in [2.05, 4.69) is 0 Å². The highest BCUT2D eigenvalue weighted by Crippen LogP contribution is 2.32. The second kappa shape index (κ2) is 3.79. The first-order chi connectivity index (χ1) is 6.62. The molecule has 1 atom stereocenters. The van der Waals surface area contributed by atoms with E-state index >= 15 is 0 Å². The van der Waals surface area contributed by atoms with Crippen LogP contribution in [-0.2, 0) is 10.0 Å². The monoisotopic (exact) mass is 218 g/mol. The molecule has 1 unspecified atom stereocenters. The van der Waals surface area contributed by atoms with Gasteiger partial charge >= 0.3 is 0 Å². The van der Waals surface area contributed by atoms with Crippen molar-refractivity contribution in [2.45, 2.75) is 19.3 Å². The molecule has 1 aliphatic heterocycles. The molecule has 1 heterocycles. The molecule has 5 heteroatoms. The molecule has 2 N–H and O–H groups in total. The van der Waals surface area contributed by atoms with Crippen LogP contribution in [0.2, 0.25) is 0 Å². The van der Waals surface area contributed by atoms with Crippen LogP contribution in [-0.4, -0.2) is 38.1 Å². The molecule has 0 aromatic rings. The van der Waals surface area contributed by atoms with Crippen molar-refractivity contribution in [3.05, 3.63) is 0 Å². The van der Waals surface area contributed by atoms with Crippen LogP contribution in [0.4, 0.5) is 0 Å². The smallest absolute Gasteiger partial charge is 0.214 e. The van der Waals surface area contributed by atoms with Crippen molar-refractivity contribution in [3.8, 4) is 0 Å². The lowest BCUT2D eigenvalue weighted by Gasteiger charge is -2.15. The fraction of sp³-hybridized carbons (Fsp3) is 1.00. The molecule has 14 heavy (non-hydrogen) atoms. The fourth-order valence-corrected chi connectivity index (χ4v) is 3.89. The van der Waals surface area contributed by atoms with Crippen molar-refractivity contribution in [2.24, 2.45) is 17.6 Å². The highest BCUT2D eigenvalue weighted by atomic mass is 32.2. The van der Waals surface area contributed by atoms with Crippen molar-refractivity contribution in [1.82, 2.24) is 4.31 Å². The first-order valence-corrected chi connectivity index (χ1v) is 6.90. The lowest BCUT2D eigenvalue weighted by atomic mass is 10.1. The number of nitrogens with two attached hydrogens (primary N) is 1. The predicted octanol–water partition coefficient (Wildman–Crippen LogP) is 0.00680. The maximum Gasteiger partial charge on any atom is 0.214 e. The van der Waals surface area contributed by atoms with E-state index in [1.165, 1.54) is 0 Å². The zero-order valence-electron chi connectivity index (χ0n) is 8.35. The number of hydrogen-bond donors (Lipinski definition) is 1. The van der Waals surface area contributed by atoms with Gasteiger partial charge in [0.2, 0.25) is 10.0 Å². The van der Waals surface area contributed by atoms with Crippen LogP contribution in [0.3, 0.4) is 0 Å². The van der Waals surface area contributed by atoms with E-state index in [1.54, 1.807) is 4.31 Å². The molecule has 1 saturated carbocycles. The van der Waals surface area contributed by atoms with Crippen molar-refractivity contribution < 1.29 is 8.42 Å². The minimum absolute atomic E-state index is 0.365. The third kappa shape index (κ3) is 2.27. The Morgan fingerprint density at radius 1 is 1.21 bits per heavy atom. The second-order valence-electron chi connectivity index (χ2n) is 4.47. The van der Waals surface area contributed by atoms with Gasteiger partial charge in [-0.15, -0.1) is 0 Å². The van der Waals surface area contributed by atoms with Crippen LogP contribution in [0.5, 0.6) is 0 Å². The Morgan fingerprint density at radius 2 is 1.93 bits per heavy atom. The standard InChI is InChI=1S/C9H18N2O2S/c10-5-9-3-4-11(6-9)14(12,13)7-8-1-2-8/h8-9H,1-7,10H2. The highest BCUT2D eigenvalue weighted by Gasteiger charge is 2.35. The molecular weight excluding hydrogens is 200 g/mol. The summed E-state index contributed by atoms with van der Waals surface area (Å²) in [5.41, 5.74) is 5.53. The van der Waals surface area contributed by atoms with Crippen molar-refractivity contribution in [2.75, 3.05) is 25.4 Å². The van der Waals surface area contributed by atoms with Crippen molar-refractivity contribution >= 4 is 10.0 Å². The van der Waals surface area contributed by atoms with E-state index in [1.807, 2.05) is 0 Å². The summed E-state index contributed by atoms with van der Waals surface area (Å²) >= 11 is 0. The Bertz CT molecular complexity index is 298. The van der Waals surface area contributed by atoms with Gasteiger partial charge in [0.15, 0.2) is 0 Å². The molecule has 2 rings (SSSR count). The minimum Gasteiger partial charge on any atom is -0.330 e. The zero-order valence-corrected chi connectivity index (χ0v) is 9.17. The summed E-state index contributed by atoms with van der Waals surface area (Å²) in [5.74, 6) is 1.19. The molecule has 0 amide bonds. The average Bonchev–Trinajstić information content (AvgIpc) is 2.81. The Balaban J connectivity index is 1.93. The van der Waals surface area contributed by atoms with E-state index in [0.29, 0.717) is 37.2 Å². The lowest BCUT2D eigenvalue weighted by Crippen LogP contribution is -2.32. The van der Waals surface area contributed by atoms with Gasteiger partial charge in [0.1, 0.15) is 0 Å². The lowest BCUT2D eigenvalue weighted by molar-refractivity contribution is 0.457. The Hall–Kier alpha value is -0.130. The quantitative estimate of drug-likeness (QED) is 0.723. The molecule has 1 aliphatic carbocycles. The summed E-state index contributed by atoms with van der Waals surface area (Å²) in [5, 5.41) is 0. The molecule has 2 aliphatic rings. The highest BCUT2D eigenvalue weighted by molar-refractivity contribution is 7.89. The van der Waals surface area contributed by atoms with Gasteiger partial charge in [-0.1, -0.05) is 0 Å². The maximum atomic E-state index is 11.8. The van der Waals surface area contributed by atoms with Crippen molar-refractivity contribution in [1.29, 1.82) is 0 Å². The van der Waals surface area contributed by atoms with E-state index < -0.39 is 10.0 Å². The summed E-state index contributed by atoms with van der Waals surface area (Å²) < 4.78 is 25.3. The third-order valence-corrected chi connectivity index (χ3v) is 5.13. The summed E-state index contributed by atoms with van der Waals surface area (Å²) in [4.78, 5) is 0. The first kappa shape index (κ1) is 10.4. The van der Waals surface area contributed by atoms with Crippen LogP contribution < -0.4 is 5.73 Å². The molecular formula is C9H18N2O2S. The molecule has 2 fully saturated rings. The third-order valence-electron chi connectivity index (χ3n) is 3.12. The fourth-order valence-electron chi connectivity index (χ4n) is 1.93. The molecule has 0 bridgehead atoms. The summed E-state index contributed by atoms with van der Waals surface area (Å²) in [7, 11) is -2.96. The van der Waals surface area contributed by atoms with Gasteiger partial charge in [-0.25, -0.2) is 12.7 Å². The van der Waals surface area contributed by atoms with Gasteiger partial charge < -0.3 is 5.73 Å². The van der Waals surface area contributed by atoms with Gasteiger partial charge in [-0.3, -0.25) is 0 Å². The average molecular weight is 218 g/mol. The van der Waals surface area contributed by atoms with Crippen LogP contribution in [0, 0.1) is 11.8 Å². The van der Waals surface area contributed by atoms with E-state index in [4.69, 9.17) is 5.73 Å². The largest absolute Gasteiger partial charge is 0.330 e. The number of nitrogens with zero attached hydrogens (tertiary/aromatic N) is 1. The molecule has 0 aromatic heterocycles. The Labute approximate surface area is 85.5 Å². The minimum atomic E-state index is -2.96. The molecule has 0 aromatic carbocycles. The van der Waals surface area contributed by atoms with Gasteiger partial charge in [0.25, 0.3) is 0 Å². The molecule has 4 nitrogen and oxygen atoms in total. The SMILES string of the molecule is NCC1CCN(S(=O)(=O)CC2CC2)C1. The molecule has 82 valence electrons. The molecule has 1 saturated heterocycles. The maximum absolute atomic E-state index is 11.8. The van der Waals surface area contributed by atoms with Crippen LogP contribution in [0.1, 0.15) is 19.3 Å². The Morgan fingerprint density at radius 3 is 2.43 bits per heavy atom. The van der Waals surface area contributed by atoms with Crippen LogP contribution in [0.25, 0.3) is 0 Å². The van der Waals surface area contributed by atoms with Crippen molar-refractivity contribution in [3.63, 3.8) is 0 Å². The van der Waals surface area contributed by atoms with Crippen LogP contribution in [0.15, 0.2) is 0 Å². The normalized spacial score (nSPS) is 29.6. The van der Waals surface area contributed by atoms with Gasteiger partial charge in [0, 0.05) is 13.1 Å². The number of hydrogen-bond acceptors (Lipinski definition) is 3. The van der Waals surface area contributed by atoms with Gasteiger partial charge in [0.05, 0.1) is 5.75 Å². The zero-order chi connectivity index (χ0) is 10.2. The van der Waals surface area contributed by atoms with Crippen LogP contribution >= 0.6 is 0 Å². The number of rotatable bonds is 4. The van der Waals surface area contributed by atoms with E-state index in [-0.39, 0.29) is 0 Å². The first-order valence-electron chi connectivity index (χ1n) is 5.29. The second-order valence-corrected chi connectivity index (χ2v) is 6.48. The topological polar surface area (TPSA) is 63.4 Å². The molecule has 0 radical (unpaired) electrons. The summed E-state index contributed by atoms with van der Waals surface area (Å²) in [6, 6.07) is 0. The Kier molecular flexibility index (Phi) is 2.81. The van der Waals surface area contributed by atoms with Gasteiger partial charge in [-0.2, -0.15) is 0 Å². The summed E-state index contributed by atoms with van der Waals surface area (Å²) in [6.45, 7) is 1.93. The molecule has 0 spiro atoms. The number of sulfonamides is 1. The van der Waals surface area contributed by atoms with E-state index in [9.17, 15) is 8.42 Å². The van der Waals surface area contributed by atoms with E-state index in [0.717, 1.165) is 19.3 Å². The predicted molar refractivity (Wildman–Crippen MR) is 55.2 cm³/mol. The summed E-state index contributed by atoms with van der Waals surface area (Å²) in [6.07, 6.45) is 3.11.